The number of anilines is 2. The first-order valence-electron chi connectivity index (χ1n) is 5.95. The highest BCUT2D eigenvalue weighted by atomic mass is 79.9. The van der Waals surface area contributed by atoms with Gasteiger partial charge in [-0.25, -0.2) is 0 Å². The van der Waals surface area contributed by atoms with E-state index in [-0.39, 0.29) is 11.7 Å². The fourth-order valence-electron chi connectivity index (χ4n) is 1.65. The molecule has 2 aromatic carbocycles. The number of rotatable bonds is 4. The van der Waals surface area contributed by atoms with Crippen LogP contribution in [0.5, 0.6) is 0 Å². The van der Waals surface area contributed by atoms with E-state index in [4.69, 9.17) is 17.3 Å². The second kappa shape index (κ2) is 7.06. The third kappa shape index (κ3) is 4.30. The predicted octanol–water partition coefficient (Wildman–Crippen LogP) is 3.43. The Balaban J connectivity index is 2.05. The molecule has 4 nitrogen and oxygen atoms in total. The number of nitrogens with one attached hydrogen (secondary N) is 1. The maximum atomic E-state index is 12.2. The zero-order valence-corrected chi connectivity index (χ0v) is 14.0. The Morgan fingerprint density at radius 3 is 2.67 bits per heavy atom. The molecule has 1 unspecified atom stereocenters. The van der Waals surface area contributed by atoms with Crippen molar-refractivity contribution in [1.29, 1.82) is 0 Å². The maximum absolute atomic E-state index is 12.2. The van der Waals surface area contributed by atoms with Crippen LogP contribution in [0.4, 0.5) is 11.4 Å². The lowest BCUT2D eigenvalue weighted by Gasteiger charge is -2.08. The molecule has 0 spiro atoms. The molecule has 2 aromatic rings. The summed E-state index contributed by atoms with van der Waals surface area (Å²) >= 11 is 9.29. The lowest BCUT2D eigenvalue weighted by Crippen LogP contribution is -2.20. The maximum Gasteiger partial charge on any atom is 0.237 e. The molecule has 0 saturated heterocycles. The first-order valence-corrected chi connectivity index (χ1v) is 8.44. The van der Waals surface area contributed by atoms with Crippen LogP contribution in [0.25, 0.3) is 0 Å². The summed E-state index contributed by atoms with van der Waals surface area (Å²) in [5.41, 5.74) is 6.53. The number of carbonyl (C=O) groups excluding carboxylic acids is 1. The number of hydrogen-bond donors (Lipinski definition) is 2. The summed E-state index contributed by atoms with van der Waals surface area (Å²) in [7, 11) is -1.44. The Labute approximate surface area is 138 Å². The van der Waals surface area contributed by atoms with Crippen molar-refractivity contribution in [2.45, 2.75) is 4.90 Å². The molecule has 0 bridgehead atoms. The molecule has 0 aromatic heterocycles. The monoisotopic (exact) mass is 386 g/mol. The number of nitrogens with two attached hydrogens (primary N) is 1. The highest BCUT2D eigenvalue weighted by molar-refractivity contribution is 9.10. The summed E-state index contributed by atoms with van der Waals surface area (Å²) in [5, 5.41) is 2.97. The summed E-state index contributed by atoms with van der Waals surface area (Å²) in [6.07, 6.45) is 0. The average molecular weight is 388 g/mol. The molecule has 0 heterocycles. The van der Waals surface area contributed by atoms with Crippen molar-refractivity contribution in [3.8, 4) is 0 Å². The first-order chi connectivity index (χ1) is 9.97. The number of benzene rings is 2. The zero-order valence-electron chi connectivity index (χ0n) is 10.8. The van der Waals surface area contributed by atoms with Crippen LogP contribution in [0, 0.1) is 0 Å². The van der Waals surface area contributed by atoms with E-state index >= 15 is 0 Å². The van der Waals surface area contributed by atoms with E-state index in [1.165, 1.54) is 0 Å². The summed E-state index contributed by atoms with van der Waals surface area (Å²) in [6.45, 7) is 0. The van der Waals surface area contributed by atoms with Crippen LogP contribution in [0.1, 0.15) is 0 Å². The Hall–Kier alpha value is -1.37. The van der Waals surface area contributed by atoms with Crippen molar-refractivity contribution < 1.29 is 9.00 Å². The van der Waals surface area contributed by atoms with Crippen molar-refractivity contribution in [2.24, 2.45) is 0 Å². The lowest BCUT2D eigenvalue weighted by atomic mass is 10.3. The molecule has 1 amide bonds. The molecule has 2 rings (SSSR count). The minimum absolute atomic E-state index is 0.149. The van der Waals surface area contributed by atoms with E-state index in [0.29, 0.717) is 25.8 Å². The number of nitrogen functional groups attached to an aromatic ring is 1. The lowest BCUT2D eigenvalue weighted by molar-refractivity contribution is -0.113. The van der Waals surface area contributed by atoms with E-state index in [2.05, 4.69) is 21.2 Å². The summed E-state index contributed by atoms with van der Waals surface area (Å²) < 4.78 is 12.9. The fraction of sp³-hybridized carbons (Fsp3) is 0.0714. The molecule has 3 N–H and O–H groups in total. The minimum Gasteiger partial charge on any atom is -0.399 e. The van der Waals surface area contributed by atoms with Crippen LogP contribution < -0.4 is 11.1 Å². The van der Waals surface area contributed by atoms with Crippen molar-refractivity contribution >= 4 is 55.6 Å². The minimum atomic E-state index is -1.44. The number of hydrogen-bond acceptors (Lipinski definition) is 3. The van der Waals surface area contributed by atoms with Gasteiger partial charge in [-0.3, -0.25) is 9.00 Å². The topological polar surface area (TPSA) is 72.2 Å². The Morgan fingerprint density at radius 2 is 2.00 bits per heavy atom. The first kappa shape index (κ1) is 16.0. The van der Waals surface area contributed by atoms with Crippen LogP contribution in [0.3, 0.4) is 0 Å². The molecule has 0 fully saturated rings. The van der Waals surface area contributed by atoms with E-state index in [1.807, 2.05) is 6.07 Å². The molecule has 0 aliphatic carbocycles. The third-order valence-corrected chi connectivity index (χ3v) is 5.25. The normalized spacial score (nSPS) is 11.9. The number of carbonyl (C=O) groups is 1. The van der Waals surface area contributed by atoms with Crippen molar-refractivity contribution in [3.05, 3.63) is 52.0 Å². The van der Waals surface area contributed by atoms with Crippen LogP contribution in [-0.2, 0) is 15.6 Å². The standard InChI is InChI=1S/C14H12BrClN2O2S/c15-10-3-1-2-4-13(10)21(20)8-14(19)18-12-6-5-9(17)7-11(12)16/h1-7H,8,17H2,(H,18,19). The van der Waals surface area contributed by atoms with Crippen molar-refractivity contribution in [3.63, 3.8) is 0 Å². The van der Waals surface area contributed by atoms with Gasteiger partial charge >= 0.3 is 0 Å². The summed E-state index contributed by atoms with van der Waals surface area (Å²) in [4.78, 5) is 12.5. The smallest absolute Gasteiger partial charge is 0.237 e. The van der Waals surface area contributed by atoms with Crippen LogP contribution >= 0.6 is 27.5 Å². The molecule has 110 valence electrons. The van der Waals surface area contributed by atoms with Gasteiger partial charge in [0, 0.05) is 10.2 Å². The molecule has 0 aliphatic rings. The van der Waals surface area contributed by atoms with Gasteiger partial charge in [0.05, 0.1) is 26.4 Å². The van der Waals surface area contributed by atoms with Crippen LogP contribution in [-0.4, -0.2) is 15.9 Å². The number of halogens is 2. The third-order valence-electron chi connectivity index (χ3n) is 2.61. The Bertz CT molecular complexity index is 709. The van der Waals surface area contributed by atoms with Crippen molar-refractivity contribution in [2.75, 3.05) is 16.8 Å². The predicted molar refractivity (Wildman–Crippen MR) is 89.9 cm³/mol. The van der Waals surface area contributed by atoms with Gasteiger partial charge in [-0.1, -0.05) is 23.7 Å². The van der Waals surface area contributed by atoms with Crippen LogP contribution in [0.15, 0.2) is 51.8 Å². The number of amides is 1. The fourth-order valence-corrected chi connectivity index (χ4v) is 3.69. The van der Waals surface area contributed by atoms with Gasteiger partial charge in [0.2, 0.25) is 5.91 Å². The molecule has 21 heavy (non-hydrogen) atoms. The van der Waals surface area contributed by atoms with Gasteiger partial charge in [0.1, 0.15) is 5.75 Å². The van der Waals surface area contributed by atoms with Gasteiger partial charge in [0.25, 0.3) is 0 Å². The van der Waals surface area contributed by atoms with Crippen molar-refractivity contribution in [1.82, 2.24) is 0 Å². The van der Waals surface area contributed by atoms with Gasteiger partial charge in [0.15, 0.2) is 0 Å². The van der Waals surface area contributed by atoms with E-state index < -0.39 is 10.8 Å². The van der Waals surface area contributed by atoms with E-state index in [9.17, 15) is 9.00 Å². The SMILES string of the molecule is Nc1ccc(NC(=O)CS(=O)c2ccccc2Br)c(Cl)c1. The highest BCUT2D eigenvalue weighted by Gasteiger charge is 2.13. The molecule has 7 heteroatoms. The van der Waals surface area contributed by atoms with E-state index in [0.717, 1.165) is 0 Å². The van der Waals surface area contributed by atoms with Crippen LogP contribution in [0.2, 0.25) is 5.02 Å². The zero-order chi connectivity index (χ0) is 15.4. The van der Waals surface area contributed by atoms with Gasteiger partial charge in [-0.15, -0.1) is 0 Å². The largest absolute Gasteiger partial charge is 0.399 e. The highest BCUT2D eigenvalue weighted by Crippen LogP contribution is 2.24. The van der Waals surface area contributed by atoms with Gasteiger partial charge in [-0.05, 0) is 46.3 Å². The molecular formula is C14H12BrClN2O2S. The Kier molecular flexibility index (Phi) is 5.39. The van der Waals surface area contributed by atoms with Gasteiger partial charge in [-0.2, -0.15) is 0 Å². The molecule has 0 aliphatic heterocycles. The second-order valence-corrected chi connectivity index (χ2v) is 6.89. The quantitative estimate of drug-likeness (QED) is 0.789. The molecule has 0 saturated carbocycles. The molecule has 1 atom stereocenters. The molecular weight excluding hydrogens is 376 g/mol. The summed E-state index contributed by atoms with van der Waals surface area (Å²) in [6, 6.07) is 11.9. The average Bonchev–Trinajstić information content (AvgIpc) is 2.42. The molecule has 0 radical (unpaired) electrons. The van der Waals surface area contributed by atoms with E-state index in [1.54, 1.807) is 36.4 Å². The second-order valence-electron chi connectivity index (χ2n) is 4.21. The summed E-state index contributed by atoms with van der Waals surface area (Å²) in [5.74, 6) is -0.528. The van der Waals surface area contributed by atoms with Gasteiger partial charge < -0.3 is 11.1 Å². The Morgan fingerprint density at radius 1 is 1.29 bits per heavy atom.